The van der Waals surface area contributed by atoms with E-state index in [1.54, 1.807) is 25.1 Å². The summed E-state index contributed by atoms with van der Waals surface area (Å²) in [6.45, 7) is 1.82. The molecular weight excluding hydrogens is 286 g/mol. The number of hydrogen-bond donors (Lipinski definition) is 0. The van der Waals surface area contributed by atoms with Crippen LogP contribution in [0.3, 0.4) is 0 Å². The zero-order valence-electron chi connectivity index (χ0n) is 10.1. The maximum absolute atomic E-state index is 12.1. The highest BCUT2D eigenvalue weighted by Crippen LogP contribution is 2.32. The Morgan fingerprint density at radius 2 is 2.42 bits per heavy atom. The number of rotatable bonds is 4. The molecule has 1 aromatic rings. The number of nitrogens with zero attached hydrogens (tertiary/aromatic N) is 1. The van der Waals surface area contributed by atoms with Crippen LogP contribution < -0.4 is 0 Å². The van der Waals surface area contributed by atoms with Gasteiger partial charge in [0.05, 0.1) is 17.8 Å². The summed E-state index contributed by atoms with van der Waals surface area (Å²) in [5.41, 5.74) is 0. The number of amides is 1. The van der Waals surface area contributed by atoms with E-state index in [1.165, 1.54) is 11.2 Å². The molecule has 5 nitrogen and oxygen atoms in total. The average Bonchev–Trinajstić information content (AvgIpc) is 2.95. The number of esters is 1. The van der Waals surface area contributed by atoms with Crippen molar-refractivity contribution in [3.05, 3.63) is 29.1 Å². The van der Waals surface area contributed by atoms with Crippen molar-refractivity contribution >= 4 is 46.3 Å². The quantitative estimate of drug-likeness (QED) is 0.481. The fourth-order valence-corrected chi connectivity index (χ4v) is 2.71. The number of carbonyl (C=O) groups excluding carboxylic acids is 2. The van der Waals surface area contributed by atoms with Crippen molar-refractivity contribution in [3.8, 4) is 0 Å². The monoisotopic (exact) mass is 297 g/mol. The Morgan fingerprint density at radius 3 is 3.05 bits per heavy atom. The van der Waals surface area contributed by atoms with E-state index < -0.39 is 5.97 Å². The predicted molar refractivity (Wildman–Crippen MR) is 75.2 cm³/mol. The second-order valence-corrected chi connectivity index (χ2v) is 5.26. The van der Waals surface area contributed by atoms with E-state index in [-0.39, 0.29) is 19.1 Å². The summed E-state index contributed by atoms with van der Waals surface area (Å²) in [6, 6.07) is 3.46. The smallest absolute Gasteiger partial charge is 0.326 e. The molecule has 1 aliphatic rings. The van der Waals surface area contributed by atoms with Crippen LogP contribution in [0.5, 0.6) is 0 Å². The number of ether oxygens (including phenoxy) is 1. The molecule has 7 heteroatoms. The van der Waals surface area contributed by atoms with Gasteiger partial charge in [-0.05, 0) is 19.1 Å². The van der Waals surface area contributed by atoms with E-state index in [0.717, 1.165) is 11.8 Å². The molecule has 0 bridgehead atoms. The molecule has 0 aliphatic carbocycles. The maximum Gasteiger partial charge on any atom is 0.326 e. The van der Waals surface area contributed by atoms with Crippen LogP contribution in [0.15, 0.2) is 27.7 Å². The Bertz CT molecular complexity index is 536. The molecule has 1 fully saturated rings. The molecule has 1 amide bonds. The van der Waals surface area contributed by atoms with E-state index in [2.05, 4.69) is 0 Å². The lowest BCUT2D eigenvalue weighted by Gasteiger charge is -2.12. The molecule has 100 valence electrons. The summed E-state index contributed by atoms with van der Waals surface area (Å²) in [5, 5.41) is 0. The van der Waals surface area contributed by atoms with Gasteiger partial charge in [-0.2, -0.15) is 0 Å². The second kappa shape index (κ2) is 6.03. The van der Waals surface area contributed by atoms with E-state index >= 15 is 0 Å². The summed E-state index contributed by atoms with van der Waals surface area (Å²) < 4.78 is 10.3. The van der Waals surface area contributed by atoms with Gasteiger partial charge < -0.3 is 9.15 Å². The Labute approximate surface area is 119 Å². The van der Waals surface area contributed by atoms with Crippen LogP contribution >= 0.6 is 24.0 Å². The summed E-state index contributed by atoms with van der Waals surface area (Å²) in [5.74, 6) is -0.214. The lowest BCUT2D eigenvalue weighted by Crippen LogP contribution is -2.34. The number of carbonyl (C=O) groups is 2. The Morgan fingerprint density at radius 1 is 1.63 bits per heavy atom. The van der Waals surface area contributed by atoms with Gasteiger partial charge in [-0.1, -0.05) is 24.0 Å². The van der Waals surface area contributed by atoms with Gasteiger partial charge in [0.25, 0.3) is 5.91 Å². The molecular formula is C12H11NO4S2. The fourth-order valence-electron chi connectivity index (χ4n) is 1.47. The molecule has 1 saturated heterocycles. The standard InChI is InChI=1S/C12H11NO4S2/c1-2-16-10(14)7-13-11(15)9(19-12(13)18)6-8-4-3-5-17-8/h3-6H,2,7H2,1H3/b9-6-. The molecule has 0 N–H and O–H groups in total. The molecule has 0 spiro atoms. The maximum atomic E-state index is 12.1. The van der Waals surface area contributed by atoms with Crippen LogP contribution in [0.25, 0.3) is 6.08 Å². The van der Waals surface area contributed by atoms with Crippen molar-refractivity contribution < 1.29 is 18.7 Å². The number of thioether (sulfide) groups is 1. The fraction of sp³-hybridized carbons (Fsp3) is 0.250. The molecule has 19 heavy (non-hydrogen) atoms. The Hall–Kier alpha value is -1.60. The van der Waals surface area contributed by atoms with Crippen molar-refractivity contribution in [3.63, 3.8) is 0 Å². The van der Waals surface area contributed by atoms with Gasteiger partial charge >= 0.3 is 5.97 Å². The van der Waals surface area contributed by atoms with Crippen LogP contribution in [0, 0.1) is 0 Å². The first kappa shape index (κ1) is 13.8. The SMILES string of the molecule is CCOC(=O)CN1C(=O)/C(=C/c2ccco2)SC1=S. The molecule has 0 atom stereocenters. The molecule has 2 heterocycles. The Kier molecular flexibility index (Phi) is 4.39. The lowest BCUT2D eigenvalue weighted by atomic mass is 10.3. The lowest BCUT2D eigenvalue weighted by molar-refractivity contribution is -0.145. The Balaban J connectivity index is 2.10. The highest BCUT2D eigenvalue weighted by molar-refractivity contribution is 8.26. The van der Waals surface area contributed by atoms with Crippen LogP contribution in [-0.2, 0) is 14.3 Å². The molecule has 0 unspecified atom stereocenters. The molecule has 0 radical (unpaired) electrons. The van der Waals surface area contributed by atoms with Gasteiger partial charge in [0, 0.05) is 6.08 Å². The third-order valence-corrected chi connectivity index (χ3v) is 3.66. The minimum Gasteiger partial charge on any atom is -0.465 e. The molecule has 2 rings (SSSR count). The first-order valence-corrected chi connectivity index (χ1v) is 6.78. The molecule has 1 aromatic heterocycles. The second-order valence-electron chi connectivity index (χ2n) is 3.59. The molecule has 0 saturated carbocycles. The number of thiocarbonyl (C=S) groups is 1. The van der Waals surface area contributed by atoms with E-state index in [1.807, 2.05) is 0 Å². The normalized spacial score (nSPS) is 17.3. The van der Waals surface area contributed by atoms with E-state index in [9.17, 15) is 9.59 Å². The van der Waals surface area contributed by atoms with E-state index in [0.29, 0.717) is 15.0 Å². The minimum absolute atomic E-state index is 0.159. The zero-order valence-corrected chi connectivity index (χ0v) is 11.8. The zero-order chi connectivity index (χ0) is 13.8. The van der Waals surface area contributed by atoms with Gasteiger partial charge in [-0.3, -0.25) is 14.5 Å². The first-order valence-electron chi connectivity index (χ1n) is 5.56. The third-order valence-electron chi connectivity index (χ3n) is 2.28. The van der Waals surface area contributed by atoms with Crippen molar-refractivity contribution in [1.29, 1.82) is 0 Å². The third kappa shape index (κ3) is 3.24. The van der Waals surface area contributed by atoms with Gasteiger partial charge in [0.2, 0.25) is 0 Å². The summed E-state index contributed by atoms with van der Waals surface area (Å²) in [6.07, 6.45) is 3.12. The first-order chi connectivity index (χ1) is 9.11. The predicted octanol–water partition coefficient (Wildman–Crippen LogP) is 2.04. The number of furan rings is 1. The van der Waals surface area contributed by atoms with Crippen molar-refractivity contribution in [2.45, 2.75) is 6.92 Å². The summed E-state index contributed by atoms with van der Waals surface area (Å²) in [7, 11) is 0. The molecule has 0 aromatic carbocycles. The highest BCUT2D eigenvalue weighted by atomic mass is 32.2. The van der Waals surface area contributed by atoms with E-state index in [4.69, 9.17) is 21.4 Å². The highest BCUT2D eigenvalue weighted by Gasteiger charge is 2.33. The molecule has 1 aliphatic heterocycles. The van der Waals surface area contributed by atoms with Crippen molar-refractivity contribution in [2.75, 3.05) is 13.2 Å². The summed E-state index contributed by atoms with van der Waals surface area (Å²) >= 11 is 6.22. The van der Waals surface area contributed by atoms with Gasteiger partial charge in [-0.15, -0.1) is 0 Å². The number of hydrogen-bond acceptors (Lipinski definition) is 6. The van der Waals surface area contributed by atoms with Gasteiger partial charge in [-0.25, -0.2) is 0 Å². The summed E-state index contributed by atoms with van der Waals surface area (Å²) in [4.78, 5) is 25.1. The topological polar surface area (TPSA) is 59.8 Å². The van der Waals surface area contributed by atoms with Gasteiger partial charge in [0.15, 0.2) is 0 Å². The van der Waals surface area contributed by atoms with Crippen LogP contribution in [0.1, 0.15) is 12.7 Å². The van der Waals surface area contributed by atoms with Crippen LogP contribution in [0.2, 0.25) is 0 Å². The average molecular weight is 297 g/mol. The van der Waals surface area contributed by atoms with Crippen LogP contribution in [0.4, 0.5) is 0 Å². The van der Waals surface area contributed by atoms with Crippen LogP contribution in [-0.4, -0.2) is 34.2 Å². The van der Waals surface area contributed by atoms with Crippen molar-refractivity contribution in [2.24, 2.45) is 0 Å². The van der Waals surface area contributed by atoms with Gasteiger partial charge in [0.1, 0.15) is 16.6 Å². The minimum atomic E-state index is -0.474. The van der Waals surface area contributed by atoms with Crippen molar-refractivity contribution in [1.82, 2.24) is 4.90 Å². The largest absolute Gasteiger partial charge is 0.465 e.